The maximum absolute atomic E-state index is 11.4. The number of nitrogens with zero attached hydrogens (tertiary/aromatic N) is 3. The van der Waals surface area contributed by atoms with Gasteiger partial charge in [-0.2, -0.15) is 0 Å². The predicted molar refractivity (Wildman–Crippen MR) is 120 cm³/mol. The molecule has 3 aromatic rings. The third-order valence-corrected chi connectivity index (χ3v) is 7.43. The highest BCUT2D eigenvalue weighted by Crippen LogP contribution is 2.44. The van der Waals surface area contributed by atoms with Gasteiger partial charge in [-0.1, -0.05) is 11.6 Å². The van der Waals surface area contributed by atoms with Crippen molar-refractivity contribution in [3.05, 3.63) is 45.9 Å². The molecule has 1 amide bonds. The predicted octanol–water partition coefficient (Wildman–Crippen LogP) is 4.61. The van der Waals surface area contributed by atoms with E-state index in [1.165, 1.54) is 10.5 Å². The number of aryl methyl sites for hydroxylation is 1. The number of hydrogen-bond acceptors (Lipinski definition) is 5. The second-order valence-corrected chi connectivity index (χ2v) is 9.45. The topological polar surface area (TPSA) is 76.9 Å². The first-order valence-electron chi connectivity index (χ1n) is 10.1. The number of aliphatic hydroxyl groups is 1. The van der Waals surface area contributed by atoms with Gasteiger partial charge in [0.05, 0.1) is 16.8 Å². The summed E-state index contributed by atoms with van der Waals surface area (Å²) in [5.41, 5.74) is 5.36. The maximum Gasteiger partial charge on any atom is 0.407 e. The number of hydrogen-bond donors (Lipinski definition) is 2. The van der Waals surface area contributed by atoms with E-state index in [0.29, 0.717) is 18.1 Å². The summed E-state index contributed by atoms with van der Waals surface area (Å²) in [6, 6.07) is 8.16. The van der Waals surface area contributed by atoms with Gasteiger partial charge >= 0.3 is 6.09 Å². The zero-order valence-electron chi connectivity index (χ0n) is 16.3. The lowest BCUT2D eigenvalue weighted by Crippen LogP contribution is -2.41. The zero-order valence-corrected chi connectivity index (χ0v) is 17.9. The number of anilines is 1. The van der Waals surface area contributed by atoms with Crippen LogP contribution in [0.5, 0.6) is 0 Å². The van der Waals surface area contributed by atoms with E-state index in [-0.39, 0.29) is 12.6 Å². The molecule has 0 saturated carbocycles. The van der Waals surface area contributed by atoms with Crippen LogP contribution in [0.4, 0.5) is 10.5 Å². The third kappa shape index (κ3) is 3.31. The van der Waals surface area contributed by atoms with Gasteiger partial charge in [-0.15, -0.1) is 11.3 Å². The van der Waals surface area contributed by atoms with E-state index < -0.39 is 6.09 Å². The van der Waals surface area contributed by atoms with Gasteiger partial charge in [0, 0.05) is 58.6 Å². The molecule has 30 heavy (non-hydrogen) atoms. The largest absolute Gasteiger partial charge is 0.465 e. The van der Waals surface area contributed by atoms with Crippen molar-refractivity contribution in [3.8, 4) is 11.1 Å². The molecule has 1 unspecified atom stereocenters. The van der Waals surface area contributed by atoms with Crippen molar-refractivity contribution in [2.45, 2.75) is 31.9 Å². The van der Waals surface area contributed by atoms with E-state index in [2.05, 4.69) is 9.88 Å². The molecular formula is C22H22ClN3O3S. The first-order chi connectivity index (χ1) is 14.5. The number of fused-ring (bicyclic) bond motifs is 2. The van der Waals surface area contributed by atoms with Crippen LogP contribution < -0.4 is 4.90 Å². The van der Waals surface area contributed by atoms with Crippen molar-refractivity contribution in [3.63, 3.8) is 0 Å². The van der Waals surface area contributed by atoms with Crippen LogP contribution in [0, 0.1) is 0 Å². The van der Waals surface area contributed by atoms with E-state index >= 15 is 0 Å². The quantitative estimate of drug-likeness (QED) is 0.618. The average molecular weight is 444 g/mol. The number of rotatable bonds is 3. The second kappa shape index (κ2) is 7.72. The van der Waals surface area contributed by atoms with Crippen LogP contribution in [0.15, 0.2) is 30.5 Å². The van der Waals surface area contributed by atoms with Gasteiger partial charge in [0.1, 0.15) is 0 Å². The van der Waals surface area contributed by atoms with Crippen LogP contribution in [0.25, 0.3) is 21.3 Å². The van der Waals surface area contributed by atoms with Crippen LogP contribution >= 0.6 is 22.9 Å². The van der Waals surface area contributed by atoms with E-state index in [1.54, 1.807) is 17.5 Å². The van der Waals surface area contributed by atoms with E-state index in [1.807, 2.05) is 24.3 Å². The summed E-state index contributed by atoms with van der Waals surface area (Å²) in [7, 11) is 0. The number of halogens is 1. The Hall–Kier alpha value is -2.35. The van der Waals surface area contributed by atoms with Crippen LogP contribution in [0.2, 0.25) is 5.02 Å². The Labute approximate surface area is 183 Å². The molecule has 6 nitrogen and oxygen atoms in total. The average Bonchev–Trinajstić information content (AvgIpc) is 3.39. The van der Waals surface area contributed by atoms with Gasteiger partial charge in [-0.05, 0) is 49.1 Å². The molecule has 1 aromatic carbocycles. The molecule has 2 aromatic heterocycles. The zero-order chi connectivity index (χ0) is 20.8. The fourth-order valence-corrected chi connectivity index (χ4v) is 6.00. The minimum absolute atomic E-state index is 0.00661. The monoisotopic (exact) mass is 443 g/mol. The molecule has 2 aliphatic rings. The third-order valence-electron chi connectivity index (χ3n) is 6.07. The van der Waals surface area contributed by atoms with Crippen molar-refractivity contribution in [1.82, 2.24) is 9.88 Å². The molecule has 4 heterocycles. The van der Waals surface area contributed by atoms with Gasteiger partial charge in [-0.25, -0.2) is 4.79 Å². The molecule has 1 saturated heterocycles. The van der Waals surface area contributed by atoms with Crippen LogP contribution in [0.1, 0.15) is 23.3 Å². The summed E-state index contributed by atoms with van der Waals surface area (Å²) >= 11 is 8.08. The highest BCUT2D eigenvalue weighted by Gasteiger charge is 2.34. The molecule has 8 heteroatoms. The lowest BCUT2D eigenvalue weighted by molar-refractivity contribution is 0.155. The Balaban J connectivity index is 1.65. The molecule has 0 spiro atoms. The molecule has 1 atom stereocenters. The van der Waals surface area contributed by atoms with Crippen LogP contribution in [-0.4, -0.2) is 51.9 Å². The number of likely N-dealkylation sites (tertiary alicyclic amines) is 1. The lowest BCUT2D eigenvalue weighted by atomic mass is 9.92. The van der Waals surface area contributed by atoms with Gasteiger partial charge < -0.3 is 20.0 Å². The molecule has 0 bridgehead atoms. The number of pyridine rings is 1. The highest BCUT2D eigenvalue weighted by molar-refractivity contribution is 7.19. The summed E-state index contributed by atoms with van der Waals surface area (Å²) < 4.78 is 1.04. The Bertz CT molecular complexity index is 1130. The summed E-state index contributed by atoms with van der Waals surface area (Å²) in [5, 5.41) is 19.7. The number of benzene rings is 1. The van der Waals surface area contributed by atoms with Gasteiger partial charge in [0.2, 0.25) is 0 Å². The number of aliphatic hydroxyl groups excluding tert-OH is 1. The molecule has 0 aliphatic carbocycles. The van der Waals surface area contributed by atoms with E-state index in [9.17, 15) is 15.0 Å². The summed E-state index contributed by atoms with van der Waals surface area (Å²) in [6.07, 6.45) is 3.75. The summed E-state index contributed by atoms with van der Waals surface area (Å²) in [4.78, 5) is 20.7. The molecule has 2 N–H and O–H groups in total. The molecule has 2 aliphatic heterocycles. The van der Waals surface area contributed by atoms with Crippen molar-refractivity contribution < 1.29 is 15.0 Å². The fraction of sp³-hybridized carbons (Fsp3) is 0.364. The van der Waals surface area contributed by atoms with Crippen molar-refractivity contribution in [2.75, 3.05) is 24.5 Å². The van der Waals surface area contributed by atoms with Crippen LogP contribution in [-0.2, 0) is 13.0 Å². The summed E-state index contributed by atoms with van der Waals surface area (Å²) in [5.74, 6) is 0. The first kappa shape index (κ1) is 19.6. The number of amides is 1. The number of carboxylic acid groups (broad SMARTS) is 1. The molecular weight excluding hydrogens is 422 g/mol. The highest BCUT2D eigenvalue weighted by atomic mass is 35.5. The summed E-state index contributed by atoms with van der Waals surface area (Å²) in [6.45, 7) is 1.99. The molecule has 0 radical (unpaired) electrons. The van der Waals surface area contributed by atoms with Gasteiger partial charge in [-0.3, -0.25) is 4.98 Å². The Morgan fingerprint density at radius 3 is 2.90 bits per heavy atom. The Kier molecular flexibility index (Phi) is 5.05. The Morgan fingerprint density at radius 2 is 2.13 bits per heavy atom. The van der Waals surface area contributed by atoms with Crippen LogP contribution in [0.3, 0.4) is 0 Å². The minimum Gasteiger partial charge on any atom is -0.465 e. The number of thiophene rings is 1. The smallest absolute Gasteiger partial charge is 0.407 e. The first-order valence-corrected chi connectivity index (χ1v) is 11.3. The van der Waals surface area contributed by atoms with E-state index in [4.69, 9.17) is 11.6 Å². The van der Waals surface area contributed by atoms with Crippen molar-refractivity contribution in [1.29, 1.82) is 0 Å². The van der Waals surface area contributed by atoms with Crippen molar-refractivity contribution >= 4 is 44.9 Å². The van der Waals surface area contributed by atoms with Gasteiger partial charge in [0.15, 0.2) is 0 Å². The lowest BCUT2D eigenvalue weighted by Gasteiger charge is -2.38. The maximum atomic E-state index is 11.4. The number of aromatic nitrogens is 1. The normalized spacial score (nSPS) is 18.8. The molecule has 5 rings (SSSR count). The number of carbonyl (C=O) groups is 1. The molecule has 1 fully saturated rings. The van der Waals surface area contributed by atoms with Gasteiger partial charge in [0.25, 0.3) is 0 Å². The molecule has 156 valence electrons. The standard InChI is InChI=1S/C22H22ClN3O3S/c23-14-8-13-2-1-6-26(15-4-7-25(11-15)22(28)29)20(13)18(9-14)17-3-5-24-19-10-16(12-27)30-21(17)19/h3,5,8-10,15,27H,1-2,4,6-7,11-12H2,(H,28,29). The SMILES string of the molecule is O=C(O)N1CCC(N2CCCc3cc(Cl)cc(-c4ccnc5cc(CO)sc45)c32)C1. The fourth-order valence-electron chi connectivity index (χ4n) is 4.76. The van der Waals surface area contributed by atoms with E-state index in [0.717, 1.165) is 57.7 Å². The van der Waals surface area contributed by atoms with Crippen molar-refractivity contribution in [2.24, 2.45) is 0 Å². The Morgan fingerprint density at radius 1 is 1.27 bits per heavy atom. The second-order valence-electron chi connectivity index (χ2n) is 7.87. The minimum atomic E-state index is -0.850.